The Morgan fingerprint density at radius 1 is 1.26 bits per heavy atom. The lowest BCUT2D eigenvalue weighted by atomic mass is 10.2. The van der Waals surface area contributed by atoms with Crippen molar-refractivity contribution < 1.29 is 19.8 Å². The fourth-order valence-corrected chi connectivity index (χ4v) is 2.16. The van der Waals surface area contributed by atoms with Crippen LogP contribution in [0.1, 0.15) is 20.3 Å². The van der Waals surface area contributed by atoms with E-state index in [4.69, 9.17) is 0 Å². The number of likely N-dealkylation sites (N-methyl/N-ethyl adjacent to an activating group) is 1. The van der Waals surface area contributed by atoms with E-state index in [1.54, 1.807) is 12.1 Å². The quantitative estimate of drug-likeness (QED) is 0.514. The molecule has 0 bridgehead atoms. The van der Waals surface area contributed by atoms with Gasteiger partial charge in [0.15, 0.2) is 0 Å². The second kappa shape index (κ2) is 9.81. The Morgan fingerprint density at radius 3 is 2.52 bits per heavy atom. The van der Waals surface area contributed by atoms with Gasteiger partial charge >= 0.3 is 5.97 Å². The van der Waals surface area contributed by atoms with Crippen LogP contribution in [0, 0.1) is 0 Å². The molecule has 0 saturated heterocycles. The van der Waals surface area contributed by atoms with Crippen molar-refractivity contribution in [1.82, 2.24) is 10.2 Å². The van der Waals surface area contributed by atoms with Crippen molar-refractivity contribution in [1.29, 1.82) is 0 Å². The molecule has 1 aromatic rings. The summed E-state index contributed by atoms with van der Waals surface area (Å²) in [6.45, 7) is 7.10. The number of nitrogens with one attached hydrogen (secondary N) is 2. The Kier molecular flexibility index (Phi) is 8.07. The number of hydrogen-bond acceptors (Lipinski definition) is 5. The summed E-state index contributed by atoms with van der Waals surface area (Å²) in [7, 11) is 0. The molecule has 4 N–H and O–H groups in total. The van der Waals surface area contributed by atoms with E-state index < -0.39 is 17.9 Å². The molecule has 1 atom stereocenters. The Balaban J connectivity index is 2.48. The molecular formula is C16H25N3O4. The van der Waals surface area contributed by atoms with E-state index in [9.17, 15) is 19.8 Å². The molecule has 0 aliphatic heterocycles. The van der Waals surface area contributed by atoms with Gasteiger partial charge in [0.1, 0.15) is 11.8 Å². The molecule has 0 heterocycles. The minimum atomic E-state index is -1.06. The summed E-state index contributed by atoms with van der Waals surface area (Å²) in [5, 5.41) is 24.0. The van der Waals surface area contributed by atoms with Gasteiger partial charge in [-0.15, -0.1) is 0 Å². The number of amides is 1. The fourth-order valence-electron chi connectivity index (χ4n) is 2.16. The predicted octanol–water partition coefficient (Wildman–Crippen LogP) is 1.11. The maximum atomic E-state index is 11.9. The number of anilines is 1. The molecule has 0 fully saturated rings. The lowest BCUT2D eigenvalue weighted by molar-refractivity contribution is -0.141. The number of carboxylic acid groups (broad SMARTS) is 1. The number of aliphatic carboxylic acids is 1. The average Bonchev–Trinajstić information content (AvgIpc) is 2.50. The number of hydrogen-bond donors (Lipinski definition) is 4. The van der Waals surface area contributed by atoms with Gasteiger partial charge < -0.3 is 25.7 Å². The highest BCUT2D eigenvalue weighted by molar-refractivity contribution is 5.94. The first-order valence-corrected chi connectivity index (χ1v) is 7.73. The zero-order valence-corrected chi connectivity index (χ0v) is 13.6. The van der Waals surface area contributed by atoms with Crippen LogP contribution in [0.25, 0.3) is 0 Å². The molecule has 7 nitrogen and oxygen atoms in total. The Hall–Kier alpha value is -2.12. The van der Waals surface area contributed by atoms with Gasteiger partial charge in [0.05, 0.1) is 6.42 Å². The second-order valence-electron chi connectivity index (χ2n) is 5.17. The number of rotatable bonds is 10. The maximum absolute atomic E-state index is 11.9. The highest BCUT2D eigenvalue weighted by Gasteiger charge is 2.20. The number of benzene rings is 1. The summed E-state index contributed by atoms with van der Waals surface area (Å²) < 4.78 is 0. The molecule has 1 rings (SSSR count). The van der Waals surface area contributed by atoms with Crippen LogP contribution in [-0.2, 0) is 9.59 Å². The van der Waals surface area contributed by atoms with Crippen molar-refractivity contribution in [2.45, 2.75) is 26.3 Å². The van der Waals surface area contributed by atoms with Gasteiger partial charge in [-0.25, -0.2) is 0 Å². The van der Waals surface area contributed by atoms with E-state index in [-0.39, 0.29) is 12.2 Å². The van der Waals surface area contributed by atoms with Gasteiger partial charge in [0.25, 0.3) is 0 Å². The molecule has 0 aromatic heterocycles. The lowest BCUT2D eigenvalue weighted by Gasteiger charge is -2.20. The molecule has 128 valence electrons. The topological polar surface area (TPSA) is 102 Å². The summed E-state index contributed by atoms with van der Waals surface area (Å²) in [5.41, 5.74) is 0.433. The molecule has 0 aliphatic rings. The third-order valence-corrected chi connectivity index (χ3v) is 3.53. The van der Waals surface area contributed by atoms with Crippen molar-refractivity contribution >= 4 is 17.6 Å². The minimum Gasteiger partial charge on any atom is -0.508 e. The van der Waals surface area contributed by atoms with Crippen LogP contribution in [-0.4, -0.2) is 59.2 Å². The van der Waals surface area contributed by atoms with Crippen LogP contribution in [0.15, 0.2) is 24.3 Å². The molecule has 7 heteroatoms. The van der Waals surface area contributed by atoms with Crippen molar-refractivity contribution in [3.05, 3.63) is 24.3 Å². The zero-order valence-electron chi connectivity index (χ0n) is 13.6. The van der Waals surface area contributed by atoms with E-state index in [0.29, 0.717) is 12.2 Å². The van der Waals surface area contributed by atoms with Crippen LogP contribution in [0.4, 0.5) is 5.69 Å². The van der Waals surface area contributed by atoms with Crippen LogP contribution >= 0.6 is 0 Å². The summed E-state index contributed by atoms with van der Waals surface area (Å²) in [4.78, 5) is 25.4. The van der Waals surface area contributed by atoms with Gasteiger partial charge in [-0.1, -0.05) is 19.9 Å². The number of phenolic OH excluding ortho intramolecular Hbond substituents is 1. The number of phenols is 1. The standard InChI is InChI=1S/C16H25N3O4/c1-3-19(4-2)9-8-17-14(16(22)23)11-15(21)18-12-6-5-7-13(20)10-12/h5-7,10,14,17,20H,3-4,8-9,11H2,1-2H3,(H,18,21)(H,22,23). The Morgan fingerprint density at radius 2 is 1.96 bits per heavy atom. The summed E-state index contributed by atoms with van der Waals surface area (Å²) in [5.74, 6) is -1.44. The summed E-state index contributed by atoms with van der Waals surface area (Å²) >= 11 is 0. The second-order valence-corrected chi connectivity index (χ2v) is 5.17. The minimum absolute atomic E-state index is 0.0370. The first kappa shape index (κ1) is 18.9. The normalized spacial score (nSPS) is 12.1. The predicted molar refractivity (Wildman–Crippen MR) is 88.6 cm³/mol. The van der Waals surface area contributed by atoms with Crippen molar-refractivity contribution in [3.8, 4) is 5.75 Å². The molecule has 0 saturated carbocycles. The third kappa shape index (κ3) is 7.12. The van der Waals surface area contributed by atoms with E-state index in [0.717, 1.165) is 19.6 Å². The number of nitrogens with zero attached hydrogens (tertiary/aromatic N) is 1. The Labute approximate surface area is 136 Å². The third-order valence-electron chi connectivity index (χ3n) is 3.53. The van der Waals surface area contributed by atoms with Crippen LogP contribution in [0.3, 0.4) is 0 Å². The maximum Gasteiger partial charge on any atom is 0.321 e. The van der Waals surface area contributed by atoms with Crippen LogP contribution < -0.4 is 10.6 Å². The van der Waals surface area contributed by atoms with Crippen molar-refractivity contribution in [2.24, 2.45) is 0 Å². The summed E-state index contributed by atoms with van der Waals surface area (Å²) in [6.07, 6.45) is -0.177. The zero-order chi connectivity index (χ0) is 17.2. The smallest absolute Gasteiger partial charge is 0.321 e. The van der Waals surface area contributed by atoms with Gasteiger partial charge in [-0.05, 0) is 25.2 Å². The van der Waals surface area contributed by atoms with Crippen molar-refractivity contribution in [2.75, 3.05) is 31.5 Å². The largest absolute Gasteiger partial charge is 0.508 e. The van der Waals surface area contributed by atoms with Gasteiger partial charge in [0.2, 0.25) is 5.91 Å². The first-order valence-electron chi connectivity index (χ1n) is 7.73. The van der Waals surface area contributed by atoms with Gasteiger partial charge in [-0.2, -0.15) is 0 Å². The number of carbonyl (C=O) groups excluding carboxylic acids is 1. The van der Waals surface area contributed by atoms with Crippen LogP contribution in [0.2, 0.25) is 0 Å². The highest BCUT2D eigenvalue weighted by atomic mass is 16.4. The van der Waals surface area contributed by atoms with Crippen LogP contribution in [0.5, 0.6) is 5.75 Å². The Bertz CT molecular complexity index is 518. The molecule has 0 aliphatic carbocycles. The van der Waals surface area contributed by atoms with E-state index in [1.807, 2.05) is 13.8 Å². The van der Waals surface area contributed by atoms with E-state index in [2.05, 4.69) is 15.5 Å². The molecule has 0 spiro atoms. The van der Waals surface area contributed by atoms with Gasteiger partial charge in [0, 0.05) is 24.8 Å². The van der Waals surface area contributed by atoms with E-state index in [1.165, 1.54) is 12.1 Å². The number of aromatic hydroxyl groups is 1. The molecular weight excluding hydrogens is 298 g/mol. The highest BCUT2D eigenvalue weighted by Crippen LogP contribution is 2.15. The monoisotopic (exact) mass is 323 g/mol. The lowest BCUT2D eigenvalue weighted by Crippen LogP contribution is -2.43. The molecule has 1 aromatic carbocycles. The molecule has 23 heavy (non-hydrogen) atoms. The number of carbonyl (C=O) groups is 2. The molecule has 1 amide bonds. The molecule has 0 radical (unpaired) electrons. The molecule has 1 unspecified atom stereocenters. The summed E-state index contributed by atoms with van der Waals surface area (Å²) in [6, 6.07) is 5.18. The SMILES string of the molecule is CCN(CC)CCNC(CC(=O)Nc1cccc(O)c1)C(=O)O. The first-order chi connectivity index (χ1) is 11.0. The van der Waals surface area contributed by atoms with Crippen molar-refractivity contribution in [3.63, 3.8) is 0 Å². The average molecular weight is 323 g/mol. The van der Waals surface area contributed by atoms with Gasteiger partial charge in [-0.3, -0.25) is 9.59 Å². The number of carboxylic acids is 1. The van der Waals surface area contributed by atoms with E-state index >= 15 is 0 Å². The fraction of sp³-hybridized carbons (Fsp3) is 0.500.